The molecule has 0 bridgehead atoms. The molecule has 0 unspecified atom stereocenters. The molecule has 6 nitrogen and oxygen atoms in total. The molecule has 0 aliphatic heterocycles. The highest BCUT2D eigenvalue weighted by Gasteiger charge is 2.10. The Kier molecular flexibility index (Phi) is 8.59. The molecule has 29 heavy (non-hydrogen) atoms. The van der Waals surface area contributed by atoms with Crippen molar-refractivity contribution in [1.82, 2.24) is 20.2 Å². The molecule has 0 spiro atoms. The minimum atomic E-state index is -0.403. The summed E-state index contributed by atoms with van der Waals surface area (Å²) in [5.41, 5.74) is 3.20. The van der Waals surface area contributed by atoms with Crippen molar-refractivity contribution in [3.8, 4) is 11.3 Å². The normalized spacial score (nSPS) is 11.1. The van der Waals surface area contributed by atoms with Crippen molar-refractivity contribution in [3.05, 3.63) is 77.5 Å². The average molecular weight is 509 g/mol. The minimum Gasteiger partial charge on any atom is -0.392 e. The van der Waals surface area contributed by atoms with E-state index in [9.17, 15) is 9.50 Å². The number of H-pyrrole nitrogens is 1. The molecule has 0 fully saturated rings. The van der Waals surface area contributed by atoms with Gasteiger partial charge in [-0.25, -0.2) is 9.37 Å². The third-order valence-electron chi connectivity index (χ3n) is 4.40. The number of aliphatic hydroxyl groups is 1. The second kappa shape index (κ2) is 10.9. The van der Waals surface area contributed by atoms with E-state index in [-0.39, 0.29) is 36.1 Å². The number of hydrogen-bond acceptors (Lipinski definition) is 3. The summed E-state index contributed by atoms with van der Waals surface area (Å²) in [4.78, 5) is 14.0. The third kappa shape index (κ3) is 6.01. The first-order chi connectivity index (χ1) is 13.6. The summed E-state index contributed by atoms with van der Waals surface area (Å²) in [6.45, 7) is 0.700. The average Bonchev–Trinajstić information content (AvgIpc) is 3.18. The summed E-state index contributed by atoms with van der Waals surface area (Å²) in [6.07, 6.45) is 1.82. The predicted molar refractivity (Wildman–Crippen MR) is 123 cm³/mol. The summed E-state index contributed by atoms with van der Waals surface area (Å²) in [5.74, 6) is 1.11. The van der Waals surface area contributed by atoms with Crippen molar-refractivity contribution < 1.29 is 9.50 Å². The van der Waals surface area contributed by atoms with E-state index < -0.39 is 5.82 Å². The Morgan fingerprint density at radius 1 is 1.24 bits per heavy atom. The Morgan fingerprint density at radius 2 is 2.00 bits per heavy atom. The van der Waals surface area contributed by atoms with Crippen LogP contribution in [0.25, 0.3) is 11.3 Å². The number of nitrogens with one attached hydrogen (secondary N) is 2. The molecule has 0 amide bonds. The highest BCUT2D eigenvalue weighted by molar-refractivity contribution is 14.0. The quantitative estimate of drug-likeness (QED) is 0.270. The van der Waals surface area contributed by atoms with Crippen molar-refractivity contribution in [2.45, 2.75) is 19.7 Å². The van der Waals surface area contributed by atoms with E-state index in [0.717, 1.165) is 22.6 Å². The molecule has 1 aromatic heterocycles. The summed E-state index contributed by atoms with van der Waals surface area (Å²) in [5, 5.41) is 12.4. The summed E-state index contributed by atoms with van der Waals surface area (Å²) in [6, 6.07) is 14.7. The number of imidazole rings is 1. The summed E-state index contributed by atoms with van der Waals surface area (Å²) < 4.78 is 13.5. The fourth-order valence-corrected chi connectivity index (χ4v) is 2.93. The molecular formula is C21H25FIN5O. The smallest absolute Gasteiger partial charge is 0.194 e. The molecule has 3 aromatic rings. The van der Waals surface area contributed by atoms with E-state index in [1.807, 2.05) is 48.5 Å². The van der Waals surface area contributed by atoms with Crippen LogP contribution >= 0.6 is 24.0 Å². The molecule has 0 saturated carbocycles. The van der Waals surface area contributed by atoms with Gasteiger partial charge >= 0.3 is 0 Å². The largest absolute Gasteiger partial charge is 0.392 e. The van der Waals surface area contributed by atoms with E-state index in [1.54, 1.807) is 19.2 Å². The van der Waals surface area contributed by atoms with Crippen LogP contribution in [0.1, 0.15) is 17.0 Å². The van der Waals surface area contributed by atoms with Gasteiger partial charge < -0.3 is 20.3 Å². The van der Waals surface area contributed by atoms with Gasteiger partial charge in [-0.1, -0.05) is 36.4 Å². The van der Waals surface area contributed by atoms with Gasteiger partial charge in [-0.15, -0.1) is 24.0 Å². The van der Waals surface area contributed by atoms with Gasteiger partial charge in [0.05, 0.1) is 25.0 Å². The van der Waals surface area contributed by atoms with E-state index in [4.69, 9.17) is 0 Å². The van der Waals surface area contributed by atoms with Crippen molar-refractivity contribution in [3.63, 3.8) is 0 Å². The zero-order chi connectivity index (χ0) is 19.9. The van der Waals surface area contributed by atoms with Gasteiger partial charge in [-0.3, -0.25) is 4.99 Å². The maximum absolute atomic E-state index is 13.5. The SMILES string of the molecule is CN=C(NCc1ccc(F)c(CO)c1)N(C)Cc1ncc(-c2ccccc2)[nH]1.I. The molecule has 3 rings (SSSR count). The minimum absolute atomic E-state index is 0. The molecule has 0 aliphatic carbocycles. The summed E-state index contributed by atoms with van der Waals surface area (Å²) in [7, 11) is 3.63. The highest BCUT2D eigenvalue weighted by Crippen LogP contribution is 2.16. The number of guanidine groups is 1. The van der Waals surface area contributed by atoms with Crippen molar-refractivity contribution in [2.24, 2.45) is 4.99 Å². The topological polar surface area (TPSA) is 76.5 Å². The van der Waals surface area contributed by atoms with Crippen molar-refractivity contribution in [1.29, 1.82) is 0 Å². The predicted octanol–water partition coefficient (Wildman–Crippen LogP) is 3.53. The molecule has 8 heteroatoms. The lowest BCUT2D eigenvalue weighted by atomic mass is 10.1. The van der Waals surface area contributed by atoms with Gasteiger partial charge in [0.25, 0.3) is 0 Å². The Bertz CT molecular complexity index is 945. The highest BCUT2D eigenvalue weighted by atomic mass is 127. The maximum atomic E-state index is 13.5. The van der Waals surface area contributed by atoms with Crippen LogP contribution in [-0.2, 0) is 19.7 Å². The fraction of sp³-hybridized carbons (Fsp3) is 0.238. The van der Waals surface area contributed by atoms with Gasteiger partial charge in [-0.05, 0) is 23.3 Å². The van der Waals surface area contributed by atoms with Crippen LogP contribution in [0.3, 0.4) is 0 Å². The summed E-state index contributed by atoms with van der Waals surface area (Å²) >= 11 is 0. The Morgan fingerprint density at radius 3 is 2.69 bits per heavy atom. The number of halogens is 2. The maximum Gasteiger partial charge on any atom is 0.194 e. The van der Waals surface area contributed by atoms with Crippen LogP contribution in [0, 0.1) is 5.82 Å². The van der Waals surface area contributed by atoms with Gasteiger partial charge in [0.15, 0.2) is 5.96 Å². The molecule has 0 radical (unpaired) electrons. The number of aliphatic imine (C=N–C) groups is 1. The van der Waals surface area contributed by atoms with Crippen LogP contribution in [0.5, 0.6) is 0 Å². The lowest BCUT2D eigenvalue weighted by Crippen LogP contribution is -2.38. The van der Waals surface area contributed by atoms with Gasteiger partial charge in [0.1, 0.15) is 11.6 Å². The molecule has 1 heterocycles. The number of hydrogen-bond donors (Lipinski definition) is 3. The number of aromatic nitrogens is 2. The van der Waals surface area contributed by atoms with Gasteiger partial charge in [0, 0.05) is 26.2 Å². The number of rotatable bonds is 6. The fourth-order valence-electron chi connectivity index (χ4n) is 2.93. The standard InChI is InChI=1S/C21H24FN5O.HI/c1-23-21(25-11-15-8-9-18(22)17(10-15)14-28)27(2)13-20-24-12-19(26-20)16-6-4-3-5-7-16;/h3-10,12,28H,11,13-14H2,1-2H3,(H,23,25)(H,24,26);1H. The van der Waals surface area contributed by atoms with Gasteiger partial charge in [-0.2, -0.15) is 0 Å². The van der Waals surface area contributed by atoms with Gasteiger partial charge in [0.2, 0.25) is 0 Å². The Hall–Kier alpha value is -2.46. The molecule has 154 valence electrons. The zero-order valence-electron chi connectivity index (χ0n) is 16.4. The molecule has 3 N–H and O–H groups in total. The monoisotopic (exact) mass is 509 g/mol. The van der Waals surface area contributed by atoms with Crippen LogP contribution < -0.4 is 5.32 Å². The van der Waals surface area contributed by atoms with E-state index in [1.165, 1.54) is 6.07 Å². The second-order valence-corrected chi connectivity index (χ2v) is 6.45. The van der Waals surface area contributed by atoms with Crippen LogP contribution in [0.4, 0.5) is 4.39 Å². The number of aliphatic hydroxyl groups excluding tert-OH is 1. The molecule has 0 atom stereocenters. The molecule has 0 saturated heterocycles. The van der Waals surface area contributed by atoms with Crippen molar-refractivity contribution in [2.75, 3.05) is 14.1 Å². The van der Waals surface area contributed by atoms with E-state index in [2.05, 4.69) is 20.3 Å². The lowest BCUT2D eigenvalue weighted by molar-refractivity contribution is 0.275. The van der Waals surface area contributed by atoms with Crippen LogP contribution in [0.15, 0.2) is 59.7 Å². The lowest BCUT2D eigenvalue weighted by Gasteiger charge is -2.21. The first kappa shape index (κ1) is 22.8. The first-order valence-corrected chi connectivity index (χ1v) is 9.00. The van der Waals surface area contributed by atoms with E-state index in [0.29, 0.717) is 19.0 Å². The first-order valence-electron chi connectivity index (χ1n) is 9.00. The second-order valence-electron chi connectivity index (χ2n) is 6.45. The van der Waals surface area contributed by atoms with Crippen LogP contribution in [-0.4, -0.2) is 40.0 Å². The molecule has 0 aliphatic rings. The Labute approximate surface area is 186 Å². The number of aromatic amines is 1. The van der Waals surface area contributed by atoms with E-state index >= 15 is 0 Å². The number of nitrogens with zero attached hydrogens (tertiary/aromatic N) is 3. The van der Waals surface area contributed by atoms with Crippen LogP contribution in [0.2, 0.25) is 0 Å². The molecular weight excluding hydrogens is 484 g/mol. The van der Waals surface area contributed by atoms with Crippen molar-refractivity contribution >= 4 is 29.9 Å². The number of benzene rings is 2. The third-order valence-corrected chi connectivity index (χ3v) is 4.40. The Balaban J connectivity index is 0.00000300. The zero-order valence-corrected chi connectivity index (χ0v) is 18.7. The molecule has 2 aromatic carbocycles.